The van der Waals surface area contributed by atoms with Crippen LogP contribution >= 0.6 is 11.3 Å². The molecule has 0 bridgehead atoms. The van der Waals surface area contributed by atoms with Gasteiger partial charge in [0, 0.05) is 5.69 Å². The van der Waals surface area contributed by atoms with Crippen LogP contribution in [0.15, 0.2) is 41.8 Å². The summed E-state index contributed by atoms with van der Waals surface area (Å²) >= 11 is 1.70. The third-order valence-corrected chi connectivity index (χ3v) is 4.47. The average Bonchev–Trinajstić information content (AvgIpc) is 3.16. The summed E-state index contributed by atoms with van der Waals surface area (Å²) in [7, 11) is 0. The van der Waals surface area contributed by atoms with E-state index in [9.17, 15) is 0 Å². The van der Waals surface area contributed by atoms with Gasteiger partial charge in [-0.2, -0.15) is 0 Å². The number of hydrogen-bond donors (Lipinski definition) is 2. The van der Waals surface area contributed by atoms with Gasteiger partial charge in [-0.25, -0.2) is 4.98 Å². The lowest BCUT2D eigenvalue weighted by Crippen LogP contribution is -2.24. The van der Waals surface area contributed by atoms with Gasteiger partial charge >= 0.3 is 0 Å². The van der Waals surface area contributed by atoms with Crippen molar-refractivity contribution in [3.63, 3.8) is 0 Å². The molecule has 1 atom stereocenters. The van der Waals surface area contributed by atoms with Crippen molar-refractivity contribution in [3.8, 4) is 16.3 Å². The minimum atomic E-state index is -0.0905. The van der Waals surface area contributed by atoms with Crippen molar-refractivity contribution < 1.29 is 4.74 Å². The number of anilines is 1. The molecule has 106 valence electrons. The fraction of sp³-hybridized carbons (Fsp3) is 0.188. The van der Waals surface area contributed by atoms with E-state index in [1.54, 1.807) is 11.3 Å². The second-order valence-electron chi connectivity index (χ2n) is 5.06. The van der Waals surface area contributed by atoms with E-state index >= 15 is 0 Å². The molecule has 4 rings (SSSR count). The smallest absolute Gasteiger partial charge is 0.173 e. The topological polar surface area (TPSA) is 49.9 Å². The first kappa shape index (κ1) is 12.5. The Labute approximate surface area is 126 Å². The highest BCUT2D eigenvalue weighted by Gasteiger charge is 2.24. The van der Waals surface area contributed by atoms with Gasteiger partial charge in [0.25, 0.3) is 0 Å². The molecule has 0 aliphatic carbocycles. The van der Waals surface area contributed by atoms with Crippen molar-refractivity contribution in [2.75, 3.05) is 11.9 Å². The summed E-state index contributed by atoms with van der Waals surface area (Å²) in [4.78, 5) is 9.28. The molecule has 0 saturated heterocycles. The molecular weight excluding hydrogens is 282 g/mol. The third kappa shape index (κ3) is 2.19. The maximum Gasteiger partial charge on any atom is 0.173 e. The number of hydrogen-bond acceptors (Lipinski definition) is 4. The molecule has 2 N–H and O–H groups in total. The Kier molecular flexibility index (Phi) is 2.93. The fourth-order valence-corrected chi connectivity index (χ4v) is 3.33. The molecule has 1 aliphatic heterocycles. The van der Waals surface area contributed by atoms with Crippen molar-refractivity contribution in [2.45, 2.75) is 13.0 Å². The minimum absolute atomic E-state index is 0.0905. The Bertz CT molecular complexity index is 764. The molecule has 0 amide bonds. The standard InChI is InChI=1S/C16H15N3OS/c1-10-15(14-7-4-8-21-14)19-16(18-10)13-9-17-11-5-2-3-6-12(11)20-13/h2-8,13,17H,9H2,1H3,(H,18,19). The van der Waals surface area contributed by atoms with E-state index in [0.717, 1.165) is 28.6 Å². The number of nitrogens with zero attached hydrogens (tertiary/aromatic N) is 1. The molecule has 4 nitrogen and oxygen atoms in total. The van der Waals surface area contributed by atoms with Gasteiger partial charge in [-0.3, -0.25) is 0 Å². The summed E-state index contributed by atoms with van der Waals surface area (Å²) in [5.74, 6) is 1.75. The van der Waals surface area contributed by atoms with Gasteiger partial charge < -0.3 is 15.0 Å². The van der Waals surface area contributed by atoms with Crippen molar-refractivity contribution >= 4 is 17.0 Å². The molecular formula is C16H15N3OS. The Morgan fingerprint density at radius 1 is 1.24 bits per heavy atom. The number of aryl methyl sites for hydroxylation is 1. The highest BCUT2D eigenvalue weighted by atomic mass is 32.1. The van der Waals surface area contributed by atoms with Crippen molar-refractivity contribution in [2.24, 2.45) is 0 Å². The van der Waals surface area contributed by atoms with Gasteiger partial charge in [0.05, 0.1) is 17.1 Å². The molecule has 5 heteroatoms. The molecule has 1 aromatic carbocycles. The zero-order chi connectivity index (χ0) is 14.2. The number of ether oxygens (including phenoxy) is 1. The largest absolute Gasteiger partial charge is 0.478 e. The van der Waals surface area contributed by atoms with Crippen LogP contribution in [0.25, 0.3) is 10.6 Å². The van der Waals surface area contributed by atoms with Gasteiger partial charge in [0.1, 0.15) is 17.3 Å². The lowest BCUT2D eigenvalue weighted by Gasteiger charge is -2.25. The predicted octanol–water partition coefficient (Wildman–Crippen LogP) is 3.99. The first-order valence-electron chi connectivity index (χ1n) is 6.91. The third-order valence-electron chi connectivity index (χ3n) is 3.60. The zero-order valence-corrected chi connectivity index (χ0v) is 12.4. The lowest BCUT2D eigenvalue weighted by molar-refractivity contribution is 0.201. The lowest BCUT2D eigenvalue weighted by atomic mass is 10.2. The van der Waals surface area contributed by atoms with Crippen LogP contribution in [0.5, 0.6) is 5.75 Å². The molecule has 0 saturated carbocycles. The van der Waals surface area contributed by atoms with Gasteiger partial charge in [-0.05, 0) is 30.5 Å². The van der Waals surface area contributed by atoms with Crippen LogP contribution in [0, 0.1) is 6.92 Å². The number of benzene rings is 1. The van der Waals surface area contributed by atoms with E-state index < -0.39 is 0 Å². The summed E-state index contributed by atoms with van der Waals surface area (Å²) in [6.45, 7) is 2.77. The van der Waals surface area contributed by atoms with E-state index in [4.69, 9.17) is 9.72 Å². The number of aromatic nitrogens is 2. The fourth-order valence-electron chi connectivity index (χ4n) is 2.55. The normalized spacial score (nSPS) is 16.9. The SMILES string of the molecule is Cc1[nH]c(C2CNc3ccccc3O2)nc1-c1cccs1. The van der Waals surface area contributed by atoms with Gasteiger partial charge in [0.2, 0.25) is 0 Å². The maximum absolute atomic E-state index is 6.05. The van der Waals surface area contributed by atoms with Crippen LogP contribution in [-0.2, 0) is 0 Å². The monoisotopic (exact) mass is 297 g/mol. The number of rotatable bonds is 2. The Morgan fingerprint density at radius 2 is 2.14 bits per heavy atom. The maximum atomic E-state index is 6.05. The van der Waals surface area contributed by atoms with Gasteiger partial charge in [0.15, 0.2) is 6.10 Å². The summed E-state index contributed by atoms with van der Waals surface area (Å²) in [6, 6.07) is 12.1. The Balaban J connectivity index is 1.65. The van der Waals surface area contributed by atoms with Crippen LogP contribution < -0.4 is 10.1 Å². The molecule has 3 heterocycles. The number of thiophene rings is 1. The summed E-state index contributed by atoms with van der Waals surface area (Å²) in [5.41, 5.74) is 3.13. The number of para-hydroxylation sites is 2. The minimum Gasteiger partial charge on any atom is -0.478 e. The van der Waals surface area contributed by atoms with Crippen LogP contribution in [-0.4, -0.2) is 16.5 Å². The second kappa shape index (κ2) is 4.93. The predicted molar refractivity (Wildman–Crippen MR) is 84.9 cm³/mol. The van der Waals surface area contributed by atoms with Crippen LogP contribution in [0.4, 0.5) is 5.69 Å². The molecule has 1 aliphatic rings. The van der Waals surface area contributed by atoms with Gasteiger partial charge in [-0.1, -0.05) is 18.2 Å². The van der Waals surface area contributed by atoms with E-state index in [-0.39, 0.29) is 6.10 Å². The molecule has 2 aromatic heterocycles. The molecule has 1 unspecified atom stereocenters. The Hall–Kier alpha value is -2.27. The summed E-state index contributed by atoms with van der Waals surface area (Å²) in [5, 5.41) is 5.46. The average molecular weight is 297 g/mol. The van der Waals surface area contributed by atoms with E-state index in [1.165, 1.54) is 4.88 Å². The second-order valence-corrected chi connectivity index (χ2v) is 6.00. The number of nitrogens with one attached hydrogen (secondary N) is 2. The molecule has 0 fully saturated rings. The first-order chi connectivity index (χ1) is 10.3. The highest BCUT2D eigenvalue weighted by Crippen LogP contribution is 2.34. The van der Waals surface area contributed by atoms with E-state index in [2.05, 4.69) is 28.7 Å². The molecule has 3 aromatic rings. The highest BCUT2D eigenvalue weighted by molar-refractivity contribution is 7.13. The summed E-state index contributed by atoms with van der Waals surface area (Å²) < 4.78 is 6.05. The van der Waals surface area contributed by atoms with Crippen molar-refractivity contribution in [1.82, 2.24) is 9.97 Å². The molecule has 0 radical (unpaired) electrons. The molecule has 0 spiro atoms. The van der Waals surface area contributed by atoms with Gasteiger partial charge in [-0.15, -0.1) is 11.3 Å². The number of H-pyrrole nitrogens is 1. The van der Waals surface area contributed by atoms with E-state index in [0.29, 0.717) is 6.54 Å². The number of imidazole rings is 1. The van der Waals surface area contributed by atoms with E-state index in [1.807, 2.05) is 30.3 Å². The zero-order valence-electron chi connectivity index (χ0n) is 11.6. The van der Waals surface area contributed by atoms with Crippen LogP contribution in [0.3, 0.4) is 0 Å². The summed E-state index contributed by atoms with van der Waals surface area (Å²) in [6.07, 6.45) is -0.0905. The first-order valence-corrected chi connectivity index (χ1v) is 7.79. The van der Waals surface area contributed by atoms with Crippen LogP contribution in [0.2, 0.25) is 0 Å². The quantitative estimate of drug-likeness (QED) is 0.752. The number of fused-ring (bicyclic) bond motifs is 1. The number of aromatic amines is 1. The van der Waals surface area contributed by atoms with Crippen molar-refractivity contribution in [1.29, 1.82) is 0 Å². The van der Waals surface area contributed by atoms with Crippen LogP contribution in [0.1, 0.15) is 17.6 Å². The van der Waals surface area contributed by atoms with Crippen molar-refractivity contribution in [3.05, 3.63) is 53.3 Å². The Morgan fingerprint density at radius 3 is 3.00 bits per heavy atom. The molecule has 21 heavy (non-hydrogen) atoms.